The van der Waals surface area contributed by atoms with Gasteiger partial charge < -0.3 is 16.2 Å². The van der Waals surface area contributed by atoms with Crippen molar-refractivity contribution in [2.24, 2.45) is 5.73 Å². The molecule has 0 spiro atoms. The Balaban J connectivity index is 2.81. The van der Waals surface area contributed by atoms with Crippen LogP contribution in [0.25, 0.3) is 0 Å². The van der Waals surface area contributed by atoms with Gasteiger partial charge in [0.15, 0.2) is 0 Å². The second-order valence-corrected chi connectivity index (χ2v) is 2.92. The van der Waals surface area contributed by atoms with Crippen LogP contribution in [0, 0.1) is 5.82 Å². The number of aromatic carboxylic acids is 1. The zero-order valence-corrected chi connectivity index (χ0v) is 8.03. The molecule has 0 radical (unpaired) electrons. The monoisotopic (exact) mass is 213 g/mol. The minimum atomic E-state index is -1.21. The highest BCUT2D eigenvalue weighted by molar-refractivity contribution is 5.93. The molecule has 5 nitrogen and oxygen atoms in total. The van der Waals surface area contributed by atoms with Crippen LogP contribution in [0.3, 0.4) is 0 Å². The van der Waals surface area contributed by atoms with E-state index in [1.54, 1.807) is 0 Å². The molecular formula is C9H12FN3O2. The summed E-state index contributed by atoms with van der Waals surface area (Å²) in [6.07, 6.45) is 1.66. The predicted molar refractivity (Wildman–Crippen MR) is 53.3 cm³/mol. The molecule has 0 bridgehead atoms. The van der Waals surface area contributed by atoms with Crippen molar-refractivity contribution >= 4 is 11.8 Å². The molecular weight excluding hydrogens is 201 g/mol. The zero-order valence-electron chi connectivity index (χ0n) is 8.03. The van der Waals surface area contributed by atoms with Crippen LogP contribution in [0.15, 0.2) is 12.3 Å². The standard InChI is InChI=1S/C9H12FN3O2/c10-6-4-7(9(14)15)8(13-5-6)12-3-1-2-11/h4-5H,1-3,11H2,(H,12,13)(H,14,15). The van der Waals surface area contributed by atoms with Crippen LogP contribution in [0.5, 0.6) is 0 Å². The van der Waals surface area contributed by atoms with Crippen LogP contribution in [0.2, 0.25) is 0 Å². The lowest BCUT2D eigenvalue weighted by atomic mass is 10.2. The molecule has 1 aromatic rings. The lowest BCUT2D eigenvalue weighted by Gasteiger charge is -2.07. The van der Waals surface area contributed by atoms with Gasteiger partial charge >= 0.3 is 5.97 Å². The van der Waals surface area contributed by atoms with Crippen LogP contribution in [-0.4, -0.2) is 29.1 Å². The quantitative estimate of drug-likeness (QED) is 0.626. The third kappa shape index (κ3) is 3.17. The number of hydrogen-bond acceptors (Lipinski definition) is 4. The van der Waals surface area contributed by atoms with Gasteiger partial charge in [0.25, 0.3) is 0 Å². The van der Waals surface area contributed by atoms with E-state index in [0.717, 1.165) is 12.3 Å². The second kappa shape index (κ2) is 5.26. The Labute approximate surface area is 86.1 Å². The average molecular weight is 213 g/mol. The summed E-state index contributed by atoms with van der Waals surface area (Å²) >= 11 is 0. The molecule has 0 aromatic carbocycles. The van der Waals surface area contributed by atoms with Crippen molar-refractivity contribution in [1.82, 2.24) is 4.98 Å². The molecule has 15 heavy (non-hydrogen) atoms. The summed E-state index contributed by atoms with van der Waals surface area (Å²) in [5.41, 5.74) is 5.10. The van der Waals surface area contributed by atoms with Crippen molar-refractivity contribution < 1.29 is 14.3 Å². The van der Waals surface area contributed by atoms with Gasteiger partial charge in [-0.2, -0.15) is 0 Å². The third-order valence-corrected chi connectivity index (χ3v) is 1.76. The number of rotatable bonds is 5. The van der Waals surface area contributed by atoms with Crippen LogP contribution >= 0.6 is 0 Å². The topological polar surface area (TPSA) is 88.2 Å². The molecule has 0 unspecified atom stereocenters. The first kappa shape index (κ1) is 11.4. The van der Waals surface area contributed by atoms with Gasteiger partial charge in [-0.05, 0) is 19.0 Å². The summed E-state index contributed by atoms with van der Waals surface area (Å²) in [5, 5.41) is 11.6. The van der Waals surface area contributed by atoms with Crippen molar-refractivity contribution in [3.8, 4) is 0 Å². The average Bonchev–Trinajstić information content (AvgIpc) is 2.20. The van der Waals surface area contributed by atoms with E-state index >= 15 is 0 Å². The van der Waals surface area contributed by atoms with Crippen LogP contribution in [0.4, 0.5) is 10.2 Å². The van der Waals surface area contributed by atoms with Gasteiger partial charge in [-0.25, -0.2) is 14.2 Å². The highest BCUT2D eigenvalue weighted by Gasteiger charge is 2.11. The third-order valence-electron chi connectivity index (χ3n) is 1.76. The molecule has 0 atom stereocenters. The Morgan fingerprint density at radius 1 is 1.67 bits per heavy atom. The summed E-state index contributed by atoms with van der Waals surface area (Å²) in [4.78, 5) is 14.4. The van der Waals surface area contributed by atoms with Crippen molar-refractivity contribution in [2.75, 3.05) is 18.4 Å². The molecule has 0 aliphatic heterocycles. The minimum Gasteiger partial charge on any atom is -0.478 e. The van der Waals surface area contributed by atoms with E-state index in [1.165, 1.54) is 0 Å². The molecule has 0 aliphatic carbocycles. The molecule has 6 heteroatoms. The maximum Gasteiger partial charge on any atom is 0.339 e. The van der Waals surface area contributed by atoms with Crippen molar-refractivity contribution in [1.29, 1.82) is 0 Å². The number of nitrogens with two attached hydrogens (primary N) is 1. The van der Waals surface area contributed by atoms with E-state index in [0.29, 0.717) is 19.5 Å². The fraction of sp³-hybridized carbons (Fsp3) is 0.333. The molecule has 1 heterocycles. The first-order chi connectivity index (χ1) is 7.15. The van der Waals surface area contributed by atoms with E-state index in [4.69, 9.17) is 10.8 Å². The van der Waals surface area contributed by atoms with E-state index in [-0.39, 0.29) is 11.4 Å². The molecule has 0 saturated heterocycles. The zero-order chi connectivity index (χ0) is 11.3. The van der Waals surface area contributed by atoms with E-state index in [2.05, 4.69) is 10.3 Å². The van der Waals surface area contributed by atoms with E-state index in [9.17, 15) is 9.18 Å². The molecule has 0 fully saturated rings. The molecule has 1 aromatic heterocycles. The van der Waals surface area contributed by atoms with Gasteiger partial charge in [0.1, 0.15) is 17.2 Å². The van der Waals surface area contributed by atoms with Crippen LogP contribution < -0.4 is 11.1 Å². The Bertz CT molecular complexity index is 357. The fourth-order valence-electron chi connectivity index (χ4n) is 1.05. The summed E-state index contributed by atoms with van der Waals surface area (Å²) in [7, 11) is 0. The number of aromatic nitrogens is 1. The number of carboxylic acids is 1. The lowest BCUT2D eigenvalue weighted by Crippen LogP contribution is -2.12. The number of halogens is 1. The van der Waals surface area contributed by atoms with E-state index in [1.807, 2.05) is 0 Å². The van der Waals surface area contributed by atoms with Gasteiger partial charge in [-0.1, -0.05) is 0 Å². The summed E-state index contributed by atoms with van der Waals surface area (Å²) in [5.74, 6) is -1.72. The highest BCUT2D eigenvalue weighted by Crippen LogP contribution is 2.13. The highest BCUT2D eigenvalue weighted by atomic mass is 19.1. The van der Waals surface area contributed by atoms with E-state index < -0.39 is 11.8 Å². The minimum absolute atomic E-state index is 0.164. The van der Waals surface area contributed by atoms with Gasteiger partial charge in [0.2, 0.25) is 0 Å². The molecule has 82 valence electrons. The van der Waals surface area contributed by atoms with Crippen molar-refractivity contribution in [3.63, 3.8) is 0 Å². The summed E-state index contributed by atoms with van der Waals surface area (Å²) < 4.78 is 12.7. The largest absolute Gasteiger partial charge is 0.478 e. The first-order valence-electron chi connectivity index (χ1n) is 4.48. The van der Waals surface area contributed by atoms with Gasteiger partial charge in [-0.3, -0.25) is 0 Å². The maximum absolute atomic E-state index is 12.7. The Morgan fingerprint density at radius 3 is 3.00 bits per heavy atom. The molecule has 1 rings (SSSR count). The van der Waals surface area contributed by atoms with Gasteiger partial charge in [-0.15, -0.1) is 0 Å². The number of nitrogens with one attached hydrogen (secondary N) is 1. The molecule has 4 N–H and O–H groups in total. The molecule has 0 amide bonds. The summed E-state index contributed by atoms with van der Waals surface area (Å²) in [6, 6.07) is 0.931. The first-order valence-corrected chi connectivity index (χ1v) is 4.48. The normalized spacial score (nSPS) is 10.0. The predicted octanol–water partition coefficient (Wildman–Crippen LogP) is 0.680. The van der Waals surface area contributed by atoms with Crippen LogP contribution in [-0.2, 0) is 0 Å². The SMILES string of the molecule is NCCCNc1ncc(F)cc1C(=O)O. The molecule has 0 aliphatic rings. The number of carboxylic acid groups (broad SMARTS) is 1. The lowest BCUT2D eigenvalue weighted by molar-refractivity contribution is 0.0697. The number of pyridine rings is 1. The second-order valence-electron chi connectivity index (χ2n) is 2.92. The van der Waals surface area contributed by atoms with Crippen molar-refractivity contribution in [2.45, 2.75) is 6.42 Å². The Hall–Kier alpha value is -1.69. The Kier molecular flexibility index (Phi) is 3.99. The van der Waals surface area contributed by atoms with Gasteiger partial charge in [0, 0.05) is 6.54 Å². The van der Waals surface area contributed by atoms with Gasteiger partial charge in [0.05, 0.1) is 6.20 Å². The Morgan fingerprint density at radius 2 is 2.40 bits per heavy atom. The molecule has 0 saturated carbocycles. The van der Waals surface area contributed by atoms with Crippen molar-refractivity contribution in [3.05, 3.63) is 23.6 Å². The maximum atomic E-state index is 12.7. The fourth-order valence-corrected chi connectivity index (χ4v) is 1.05. The van der Waals surface area contributed by atoms with Crippen LogP contribution in [0.1, 0.15) is 16.8 Å². The number of anilines is 1. The summed E-state index contributed by atoms with van der Waals surface area (Å²) in [6.45, 7) is 1.01. The number of nitrogens with zero attached hydrogens (tertiary/aromatic N) is 1. The number of hydrogen-bond donors (Lipinski definition) is 3. The number of carbonyl (C=O) groups is 1. The smallest absolute Gasteiger partial charge is 0.339 e.